The number of unbranched alkanes of at least 4 members (excludes halogenated alkanes) is 10. The Morgan fingerprint density at radius 2 is 0.895 bits per heavy atom. The highest BCUT2D eigenvalue weighted by Crippen LogP contribution is 2.12. The molecule has 0 aliphatic heterocycles. The smallest absolute Gasteiger partial charge is 0.326 e. The van der Waals surface area contributed by atoms with Crippen molar-refractivity contribution in [3.8, 4) is 0 Å². The molecule has 0 saturated carbocycles. The van der Waals surface area contributed by atoms with Crippen molar-refractivity contribution in [2.45, 2.75) is 121 Å². The van der Waals surface area contributed by atoms with Crippen LogP contribution >= 0.6 is 9.39 Å². The number of carbonyl (C=O) groups excluding carboxylic acids is 4. The summed E-state index contributed by atoms with van der Waals surface area (Å²) in [5.41, 5.74) is 0. The lowest BCUT2D eigenvalue weighted by Gasteiger charge is -2.14. The minimum atomic E-state index is -1.20. The number of aliphatic carboxylic acids is 3. The standard InChI is InChI=1S/C37H68N5O14P/c43-31(17-16-29(36(49)50)41-32(44)14-9-7-5-3-1-2-4-6-8-10-15-35(47)48)39-19-21-53-23-26-56-28-34(46)40-20-22-54-24-25-55-27-33(45)38-18-12-11-13-30(42-57)37(51)52/h29-30,42H,1-28,57H2,(H,38,45)(H,39,43)(H,40,46)(H,41,44)(H,47,48)(H,49,50)(H,51,52)/t29-,30-/m0/s1. The van der Waals surface area contributed by atoms with Gasteiger partial charge in [-0.3, -0.25) is 33.9 Å². The number of carboxylic acids is 3. The minimum absolute atomic E-state index is 0.0413. The summed E-state index contributed by atoms with van der Waals surface area (Å²) in [6.45, 7) is 1.81. The van der Waals surface area contributed by atoms with Crippen LogP contribution in [0.5, 0.6) is 0 Å². The van der Waals surface area contributed by atoms with Gasteiger partial charge in [0, 0.05) is 38.9 Å². The molecule has 20 heteroatoms. The topological polar surface area (TPSA) is 277 Å². The Balaban J connectivity index is 3.67. The Morgan fingerprint density at radius 3 is 1.39 bits per heavy atom. The normalized spacial score (nSPS) is 12.0. The summed E-state index contributed by atoms with van der Waals surface area (Å²) in [6.07, 6.45) is 11.7. The molecule has 4 amide bonds. The lowest BCUT2D eigenvalue weighted by Crippen LogP contribution is -2.41. The molecule has 0 aromatic carbocycles. The summed E-state index contributed by atoms with van der Waals surface area (Å²) in [5.74, 6) is -4.20. The molecule has 330 valence electrons. The van der Waals surface area contributed by atoms with Gasteiger partial charge in [-0.2, -0.15) is 0 Å². The second-order valence-electron chi connectivity index (χ2n) is 13.4. The molecule has 0 aromatic rings. The van der Waals surface area contributed by atoms with Crippen LogP contribution in [0.4, 0.5) is 0 Å². The molecule has 0 heterocycles. The molecule has 0 aliphatic rings. The monoisotopic (exact) mass is 837 g/mol. The predicted molar refractivity (Wildman–Crippen MR) is 212 cm³/mol. The first-order chi connectivity index (χ1) is 27.5. The number of nitrogens with one attached hydrogen (secondary N) is 5. The molecule has 57 heavy (non-hydrogen) atoms. The van der Waals surface area contributed by atoms with Gasteiger partial charge in [0.25, 0.3) is 0 Å². The highest BCUT2D eigenvalue weighted by Gasteiger charge is 2.21. The molecule has 1 unspecified atom stereocenters. The molecule has 0 saturated heterocycles. The minimum Gasteiger partial charge on any atom is -0.481 e. The Morgan fingerprint density at radius 1 is 0.439 bits per heavy atom. The molecule has 3 atom stereocenters. The van der Waals surface area contributed by atoms with Crippen LogP contribution in [0.1, 0.15) is 109 Å². The van der Waals surface area contributed by atoms with Crippen molar-refractivity contribution >= 4 is 50.9 Å². The molecule has 0 fully saturated rings. The van der Waals surface area contributed by atoms with Gasteiger partial charge in [-0.05, 0) is 38.5 Å². The number of hydrogen-bond acceptors (Lipinski definition) is 12. The summed E-state index contributed by atoms with van der Waals surface area (Å²) >= 11 is 0. The van der Waals surface area contributed by atoms with Gasteiger partial charge >= 0.3 is 17.9 Å². The van der Waals surface area contributed by atoms with Crippen molar-refractivity contribution in [3.05, 3.63) is 0 Å². The van der Waals surface area contributed by atoms with E-state index >= 15 is 0 Å². The fourth-order valence-corrected chi connectivity index (χ4v) is 5.55. The van der Waals surface area contributed by atoms with Crippen LogP contribution in [0.3, 0.4) is 0 Å². The van der Waals surface area contributed by atoms with E-state index in [0.717, 1.165) is 57.8 Å². The summed E-state index contributed by atoms with van der Waals surface area (Å²) in [7, 11) is 2.19. The van der Waals surface area contributed by atoms with E-state index in [1.807, 2.05) is 0 Å². The number of rotatable bonds is 41. The first-order valence-electron chi connectivity index (χ1n) is 20.0. The highest BCUT2D eigenvalue weighted by atomic mass is 31.0. The van der Waals surface area contributed by atoms with Crippen LogP contribution in [-0.4, -0.2) is 141 Å². The van der Waals surface area contributed by atoms with Gasteiger partial charge in [-0.1, -0.05) is 60.8 Å². The lowest BCUT2D eigenvalue weighted by molar-refractivity contribution is -0.142. The number of amides is 4. The zero-order chi connectivity index (χ0) is 42.4. The van der Waals surface area contributed by atoms with E-state index in [9.17, 15) is 38.7 Å². The fourth-order valence-electron chi connectivity index (χ4n) is 5.24. The Hall–Kier alpha value is -3.48. The van der Waals surface area contributed by atoms with Crippen molar-refractivity contribution in [3.63, 3.8) is 0 Å². The zero-order valence-electron chi connectivity index (χ0n) is 33.4. The number of carbonyl (C=O) groups is 7. The maximum Gasteiger partial charge on any atom is 0.326 e. The molecule has 0 spiro atoms. The van der Waals surface area contributed by atoms with Gasteiger partial charge < -0.3 is 55.5 Å². The van der Waals surface area contributed by atoms with Crippen LogP contribution in [-0.2, 0) is 52.5 Å². The summed E-state index contributed by atoms with van der Waals surface area (Å²) in [4.78, 5) is 81.1. The SMILES string of the molecule is O=C(O)CCCCCCCCCCCCC(=O)N[C@@H](CCC(=O)NCCOCCOCC(=O)NCCOCCOCC(=O)NCCCC[C@H](NP)C(=O)O)C(=O)O. The predicted octanol–water partition coefficient (Wildman–Crippen LogP) is 1.52. The van der Waals surface area contributed by atoms with E-state index in [1.165, 1.54) is 0 Å². The van der Waals surface area contributed by atoms with Crippen LogP contribution in [0, 0.1) is 0 Å². The lowest BCUT2D eigenvalue weighted by atomic mass is 10.0. The maximum absolute atomic E-state index is 12.2. The second kappa shape index (κ2) is 38.1. The molecular formula is C37H68N5O14P. The Bertz CT molecular complexity index is 1140. The second-order valence-corrected chi connectivity index (χ2v) is 13.7. The molecule has 19 nitrogen and oxygen atoms in total. The molecule has 0 aromatic heterocycles. The van der Waals surface area contributed by atoms with Crippen molar-refractivity contribution < 1.29 is 67.8 Å². The highest BCUT2D eigenvalue weighted by molar-refractivity contribution is 7.13. The van der Waals surface area contributed by atoms with Gasteiger partial charge in [0.2, 0.25) is 23.6 Å². The third kappa shape index (κ3) is 36.6. The molecule has 0 aliphatic carbocycles. The molecule has 0 rings (SSSR count). The summed E-state index contributed by atoms with van der Waals surface area (Å²) < 4.78 is 21.2. The maximum atomic E-state index is 12.2. The molecular weight excluding hydrogens is 769 g/mol. The quantitative estimate of drug-likeness (QED) is 0.0320. The van der Waals surface area contributed by atoms with Gasteiger partial charge in [0.05, 0.1) is 39.6 Å². The van der Waals surface area contributed by atoms with E-state index in [2.05, 4.69) is 35.7 Å². The van der Waals surface area contributed by atoms with Gasteiger partial charge in [-0.15, -0.1) is 0 Å². The largest absolute Gasteiger partial charge is 0.481 e. The number of carboxylic acid groups (broad SMARTS) is 3. The Kier molecular flexibility index (Phi) is 35.7. The summed E-state index contributed by atoms with van der Waals surface area (Å²) in [5, 5.41) is 40.2. The fraction of sp³-hybridized carbons (Fsp3) is 0.811. The van der Waals surface area contributed by atoms with Crippen LogP contribution in [0.25, 0.3) is 0 Å². The van der Waals surface area contributed by atoms with Crippen molar-refractivity contribution in [1.82, 2.24) is 26.4 Å². The van der Waals surface area contributed by atoms with Crippen molar-refractivity contribution in [2.75, 3.05) is 72.5 Å². The van der Waals surface area contributed by atoms with Crippen LogP contribution in [0.2, 0.25) is 0 Å². The van der Waals surface area contributed by atoms with E-state index in [0.29, 0.717) is 32.2 Å². The van der Waals surface area contributed by atoms with Crippen molar-refractivity contribution in [2.24, 2.45) is 0 Å². The molecule has 0 bridgehead atoms. The van der Waals surface area contributed by atoms with Gasteiger partial charge in [0.15, 0.2) is 0 Å². The van der Waals surface area contributed by atoms with Gasteiger partial charge in [-0.25, -0.2) is 4.79 Å². The Labute approximate surface area is 338 Å². The van der Waals surface area contributed by atoms with E-state index in [-0.39, 0.29) is 115 Å². The third-order valence-electron chi connectivity index (χ3n) is 8.43. The first kappa shape index (κ1) is 53.5. The molecule has 0 radical (unpaired) electrons. The summed E-state index contributed by atoms with van der Waals surface area (Å²) in [6, 6.07) is -1.79. The van der Waals surface area contributed by atoms with E-state index in [1.54, 1.807) is 0 Å². The third-order valence-corrected chi connectivity index (χ3v) is 8.83. The number of ether oxygens (including phenoxy) is 4. The first-order valence-corrected chi connectivity index (χ1v) is 20.6. The zero-order valence-corrected chi connectivity index (χ0v) is 34.5. The van der Waals surface area contributed by atoms with Crippen molar-refractivity contribution in [1.29, 1.82) is 0 Å². The average molecular weight is 838 g/mol. The molecule has 8 N–H and O–H groups in total. The van der Waals surface area contributed by atoms with E-state index < -0.39 is 30.0 Å². The van der Waals surface area contributed by atoms with Crippen LogP contribution in [0.15, 0.2) is 0 Å². The van der Waals surface area contributed by atoms with Gasteiger partial charge in [0.1, 0.15) is 25.3 Å². The average Bonchev–Trinajstić information content (AvgIpc) is 3.16. The number of hydrogen-bond donors (Lipinski definition) is 8. The van der Waals surface area contributed by atoms with E-state index in [4.69, 9.17) is 29.2 Å². The van der Waals surface area contributed by atoms with Crippen LogP contribution < -0.4 is 26.4 Å².